The largest absolute Gasteiger partial charge is 0.388 e. The van der Waals surface area contributed by atoms with Crippen LogP contribution in [0.4, 0.5) is 5.69 Å². The molecule has 0 spiro atoms. The highest BCUT2D eigenvalue weighted by Gasteiger charge is 2.31. The monoisotopic (exact) mass is 262 g/mol. The van der Waals surface area contributed by atoms with Crippen LogP contribution in [0.3, 0.4) is 0 Å². The van der Waals surface area contributed by atoms with Gasteiger partial charge in [-0.2, -0.15) is 0 Å². The lowest BCUT2D eigenvalue weighted by Crippen LogP contribution is -2.47. The van der Waals surface area contributed by atoms with E-state index in [9.17, 15) is 5.11 Å². The maximum absolute atomic E-state index is 10.5. The Hall–Kier alpha value is -1.06. The van der Waals surface area contributed by atoms with Gasteiger partial charge in [0.25, 0.3) is 0 Å². The first-order valence-electron chi connectivity index (χ1n) is 7.19. The van der Waals surface area contributed by atoms with E-state index in [0.29, 0.717) is 12.6 Å². The molecule has 0 aliphatic carbocycles. The number of rotatable bonds is 4. The molecular weight excluding hydrogens is 236 g/mol. The lowest BCUT2D eigenvalue weighted by Gasteiger charge is -2.40. The maximum atomic E-state index is 10.5. The maximum Gasteiger partial charge on any atom is 0.0816 e. The zero-order chi connectivity index (χ0) is 14.0. The van der Waals surface area contributed by atoms with Crippen molar-refractivity contribution in [2.24, 2.45) is 5.92 Å². The smallest absolute Gasteiger partial charge is 0.0816 e. The number of aliphatic hydroxyl groups is 1. The minimum atomic E-state index is -0.653. The van der Waals surface area contributed by atoms with E-state index in [-0.39, 0.29) is 5.92 Å². The van der Waals surface area contributed by atoms with Gasteiger partial charge in [0.05, 0.1) is 5.60 Å². The molecule has 2 rings (SSSR count). The van der Waals surface area contributed by atoms with E-state index in [1.807, 2.05) is 14.0 Å². The highest BCUT2D eigenvalue weighted by atomic mass is 16.3. The van der Waals surface area contributed by atoms with Crippen LogP contribution in [0.5, 0.6) is 0 Å². The third kappa shape index (κ3) is 2.93. The lowest BCUT2D eigenvalue weighted by atomic mass is 9.89. The fourth-order valence-corrected chi connectivity index (χ4v) is 2.66. The second-order valence-corrected chi connectivity index (χ2v) is 6.12. The molecule has 0 saturated heterocycles. The van der Waals surface area contributed by atoms with Gasteiger partial charge in [0.2, 0.25) is 0 Å². The molecule has 1 aromatic rings. The second kappa shape index (κ2) is 5.51. The van der Waals surface area contributed by atoms with Gasteiger partial charge in [0.15, 0.2) is 0 Å². The molecule has 19 heavy (non-hydrogen) atoms. The Morgan fingerprint density at radius 2 is 2.11 bits per heavy atom. The fourth-order valence-electron chi connectivity index (χ4n) is 2.66. The SMILES string of the molecule is CNC1CCN(CC(C)(O)C(C)C)c2ccccc21. The van der Waals surface area contributed by atoms with Crippen molar-refractivity contribution in [3.05, 3.63) is 29.8 Å². The number of hydrogen-bond acceptors (Lipinski definition) is 3. The van der Waals surface area contributed by atoms with Gasteiger partial charge in [-0.1, -0.05) is 32.0 Å². The van der Waals surface area contributed by atoms with Crippen LogP contribution in [0.25, 0.3) is 0 Å². The van der Waals surface area contributed by atoms with Crippen molar-refractivity contribution in [1.29, 1.82) is 0 Å². The van der Waals surface area contributed by atoms with Gasteiger partial charge >= 0.3 is 0 Å². The minimum Gasteiger partial charge on any atom is -0.388 e. The molecular formula is C16H26N2O. The molecule has 2 atom stereocenters. The number of nitrogens with zero attached hydrogens (tertiary/aromatic N) is 1. The molecule has 1 heterocycles. The van der Waals surface area contributed by atoms with Crippen molar-refractivity contribution in [2.75, 3.05) is 25.0 Å². The van der Waals surface area contributed by atoms with E-state index >= 15 is 0 Å². The van der Waals surface area contributed by atoms with E-state index in [0.717, 1.165) is 13.0 Å². The first-order chi connectivity index (χ1) is 8.95. The highest BCUT2D eigenvalue weighted by molar-refractivity contribution is 5.57. The molecule has 0 amide bonds. The number of hydrogen-bond donors (Lipinski definition) is 2. The van der Waals surface area contributed by atoms with Crippen LogP contribution in [0.15, 0.2) is 24.3 Å². The van der Waals surface area contributed by atoms with Crippen molar-refractivity contribution in [2.45, 2.75) is 38.8 Å². The summed E-state index contributed by atoms with van der Waals surface area (Å²) in [7, 11) is 2.02. The molecule has 1 aliphatic heterocycles. The van der Waals surface area contributed by atoms with Crippen LogP contribution < -0.4 is 10.2 Å². The summed E-state index contributed by atoms with van der Waals surface area (Å²) in [6.07, 6.45) is 1.09. The standard InChI is InChI=1S/C16H26N2O/c1-12(2)16(3,19)11-18-10-9-14(17-4)13-7-5-6-8-15(13)18/h5-8,12,14,17,19H,9-11H2,1-4H3. The van der Waals surface area contributed by atoms with Crippen molar-refractivity contribution in [3.8, 4) is 0 Å². The summed E-state index contributed by atoms with van der Waals surface area (Å²) in [5, 5.41) is 13.9. The third-order valence-electron chi connectivity index (χ3n) is 4.44. The van der Waals surface area contributed by atoms with Gasteiger partial charge in [0, 0.05) is 24.8 Å². The molecule has 0 saturated carbocycles. The van der Waals surface area contributed by atoms with Crippen molar-refractivity contribution in [3.63, 3.8) is 0 Å². The Morgan fingerprint density at radius 1 is 1.42 bits per heavy atom. The van der Waals surface area contributed by atoms with Crippen LogP contribution in [-0.2, 0) is 0 Å². The van der Waals surface area contributed by atoms with E-state index in [1.165, 1.54) is 11.3 Å². The third-order valence-corrected chi connectivity index (χ3v) is 4.44. The number of para-hydroxylation sites is 1. The molecule has 0 aromatic heterocycles. The molecule has 0 fully saturated rings. The second-order valence-electron chi connectivity index (χ2n) is 6.12. The Balaban J connectivity index is 2.25. The first-order valence-corrected chi connectivity index (χ1v) is 7.19. The zero-order valence-corrected chi connectivity index (χ0v) is 12.5. The summed E-state index contributed by atoms with van der Waals surface area (Å²) in [6, 6.07) is 8.94. The Kier molecular flexibility index (Phi) is 4.16. The summed E-state index contributed by atoms with van der Waals surface area (Å²) in [4.78, 5) is 2.32. The first kappa shape index (κ1) is 14.4. The molecule has 2 unspecified atom stereocenters. The summed E-state index contributed by atoms with van der Waals surface area (Å²) < 4.78 is 0. The van der Waals surface area contributed by atoms with Crippen LogP contribution in [-0.4, -0.2) is 30.8 Å². The zero-order valence-electron chi connectivity index (χ0n) is 12.5. The van der Waals surface area contributed by atoms with Gasteiger partial charge in [-0.05, 0) is 37.9 Å². The molecule has 3 nitrogen and oxygen atoms in total. The number of nitrogens with one attached hydrogen (secondary N) is 1. The molecule has 0 bridgehead atoms. The summed E-state index contributed by atoms with van der Waals surface area (Å²) in [5.74, 6) is 0.252. The fraction of sp³-hybridized carbons (Fsp3) is 0.625. The average molecular weight is 262 g/mol. The van der Waals surface area contributed by atoms with Gasteiger partial charge in [-0.15, -0.1) is 0 Å². The Bertz CT molecular complexity index is 429. The summed E-state index contributed by atoms with van der Waals surface area (Å²) >= 11 is 0. The van der Waals surface area contributed by atoms with Crippen molar-refractivity contribution >= 4 is 5.69 Å². The van der Waals surface area contributed by atoms with Gasteiger partial charge in [-0.25, -0.2) is 0 Å². The normalized spacial score (nSPS) is 22.2. The molecule has 3 heteroatoms. The van der Waals surface area contributed by atoms with Gasteiger partial charge < -0.3 is 15.3 Å². The molecule has 0 radical (unpaired) electrons. The van der Waals surface area contributed by atoms with Crippen LogP contribution >= 0.6 is 0 Å². The Morgan fingerprint density at radius 3 is 2.74 bits per heavy atom. The quantitative estimate of drug-likeness (QED) is 0.875. The van der Waals surface area contributed by atoms with Gasteiger partial charge in [-0.3, -0.25) is 0 Å². The van der Waals surface area contributed by atoms with E-state index in [1.54, 1.807) is 0 Å². The molecule has 1 aliphatic rings. The van der Waals surface area contributed by atoms with Crippen molar-refractivity contribution < 1.29 is 5.11 Å². The Labute approximate surface area is 116 Å². The summed E-state index contributed by atoms with van der Waals surface area (Å²) in [5.41, 5.74) is 1.95. The van der Waals surface area contributed by atoms with Crippen LogP contribution in [0.1, 0.15) is 38.8 Å². The van der Waals surface area contributed by atoms with E-state index in [4.69, 9.17) is 0 Å². The molecule has 106 valence electrons. The topological polar surface area (TPSA) is 35.5 Å². The van der Waals surface area contributed by atoms with Crippen LogP contribution in [0.2, 0.25) is 0 Å². The van der Waals surface area contributed by atoms with E-state index in [2.05, 4.69) is 48.3 Å². The predicted octanol–water partition coefficient (Wildman–Crippen LogP) is 2.56. The lowest BCUT2D eigenvalue weighted by molar-refractivity contribution is 0.0202. The van der Waals surface area contributed by atoms with Crippen molar-refractivity contribution in [1.82, 2.24) is 5.32 Å². The predicted molar refractivity (Wildman–Crippen MR) is 80.5 cm³/mol. The molecule has 1 aromatic carbocycles. The van der Waals surface area contributed by atoms with Gasteiger partial charge in [0.1, 0.15) is 0 Å². The molecule has 2 N–H and O–H groups in total. The number of benzene rings is 1. The van der Waals surface area contributed by atoms with E-state index < -0.39 is 5.60 Å². The van der Waals surface area contributed by atoms with Crippen LogP contribution in [0, 0.1) is 5.92 Å². The number of anilines is 1. The number of fused-ring (bicyclic) bond motifs is 1. The number of β-amino-alcohol motifs (C(OH)–C–C–N with tert-alkyl or cyclic N) is 1. The summed E-state index contributed by atoms with van der Waals surface area (Å²) in [6.45, 7) is 7.77. The minimum absolute atomic E-state index is 0.252. The highest BCUT2D eigenvalue weighted by Crippen LogP contribution is 2.34. The average Bonchev–Trinajstić information content (AvgIpc) is 2.38.